The number of thiophene rings is 1. The van der Waals surface area contributed by atoms with E-state index in [0.29, 0.717) is 11.1 Å². The normalized spacial score (nSPS) is 10.7. The molecule has 0 aliphatic heterocycles. The van der Waals surface area contributed by atoms with Crippen molar-refractivity contribution in [2.75, 3.05) is 25.3 Å². The van der Waals surface area contributed by atoms with E-state index in [0.717, 1.165) is 4.70 Å². The predicted molar refractivity (Wildman–Crippen MR) is 99.3 cm³/mol. The molecule has 0 saturated carbocycles. The van der Waals surface area contributed by atoms with Crippen LogP contribution >= 0.6 is 34.5 Å². The number of benzene rings is 1. The molecule has 0 fully saturated rings. The zero-order chi connectivity index (χ0) is 18.1. The second-order valence-corrected chi connectivity index (χ2v) is 6.49. The van der Waals surface area contributed by atoms with Crippen molar-refractivity contribution in [3.05, 3.63) is 33.5 Å². The first kappa shape index (κ1) is 17.5. The molecule has 2 heterocycles. The van der Waals surface area contributed by atoms with Crippen LogP contribution in [0, 0.1) is 0 Å². The standard InChI is InChI=1S/C15H12Cl2N4O3S/c1-23-13-8(16)12(9(17)14(24-2)10(13)18)21-15(22)6-4-25-7-3-19-5-20-11(6)7/h3-5H,18H2,1-2H3,(H,21,22). The number of carbonyl (C=O) groups is 1. The van der Waals surface area contributed by atoms with Gasteiger partial charge in [-0.3, -0.25) is 4.79 Å². The first-order chi connectivity index (χ1) is 12.0. The quantitative estimate of drug-likeness (QED) is 0.647. The smallest absolute Gasteiger partial charge is 0.258 e. The number of amides is 1. The van der Waals surface area contributed by atoms with Gasteiger partial charge in [0.2, 0.25) is 0 Å². The molecule has 1 aromatic carbocycles. The molecule has 2 aromatic heterocycles. The minimum Gasteiger partial charge on any atom is -0.493 e. The second kappa shape index (κ2) is 6.91. The van der Waals surface area contributed by atoms with Crippen LogP contribution in [0.25, 0.3) is 10.2 Å². The minimum absolute atomic E-state index is 0.0771. The van der Waals surface area contributed by atoms with Crippen molar-refractivity contribution in [2.45, 2.75) is 0 Å². The van der Waals surface area contributed by atoms with Crippen molar-refractivity contribution >= 4 is 62.0 Å². The number of rotatable bonds is 4. The molecule has 3 rings (SSSR count). The summed E-state index contributed by atoms with van der Waals surface area (Å²) in [6, 6.07) is 0. The van der Waals surface area contributed by atoms with E-state index in [1.54, 1.807) is 11.6 Å². The van der Waals surface area contributed by atoms with E-state index in [1.165, 1.54) is 31.9 Å². The van der Waals surface area contributed by atoms with Crippen LogP contribution in [-0.2, 0) is 0 Å². The van der Waals surface area contributed by atoms with Crippen LogP contribution in [-0.4, -0.2) is 30.1 Å². The number of ether oxygens (including phenoxy) is 2. The summed E-state index contributed by atoms with van der Waals surface area (Å²) < 4.78 is 11.2. The number of anilines is 2. The average Bonchev–Trinajstić information content (AvgIpc) is 3.03. The van der Waals surface area contributed by atoms with Gasteiger partial charge in [0.1, 0.15) is 22.1 Å². The molecule has 3 aromatic rings. The summed E-state index contributed by atoms with van der Waals surface area (Å²) in [5, 5.41) is 4.51. The zero-order valence-electron chi connectivity index (χ0n) is 13.1. The first-order valence-corrected chi connectivity index (χ1v) is 8.50. The second-order valence-electron chi connectivity index (χ2n) is 4.82. The third-order valence-corrected chi connectivity index (χ3v) is 5.08. The summed E-state index contributed by atoms with van der Waals surface area (Å²) in [7, 11) is 2.81. The van der Waals surface area contributed by atoms with Gasteiger partial charge in [0, 0.05) is 11.6 Å². The van der Waals surface area contributed by atoms with E-state index in [2.05, 4.69) is 15.3 Å². The lowest BCUT2D eigenvalue weighted by atomic mass is 10.2. The molecule has 7 nitrogen and oxygen atoms in total. The van der Waals surface area contributed by atoms with Crippen LogP contribution in [0.1, 0.15) is 10.4 Å². The number of nitrogen functional groups attached to an aromatic ring is 1. The maximum Gasteiger partial charge on any atom is 0.258 e. The van der Waals surface area contributed by atoms with Crippen molar-refractivity contribution in [1.82, 2.24) is 9.97 Å². The van der Waals surface area contributed by atoms with Crippen molar-refractivity contribution in [1.29, 1.82) is 0 Å². The summed E-state index contributed by atoms with van der Waals surface area (Å²) in [6.45, 7) is 0. The SMILES string of the molecule is COc1c(N)c(OC)c(Cl)c(NC(=O)c2csc3cncnc23)c1Cl. The fourth-order valence-corrected chi connectivity index (χ4v) is 3.85. The molecule has 1 amide bonds. The summed E-state index contributed by atoms with van der Waals surface area (Å²) in [4.78, 5) is 20.7. The molecule has 0 radical (unpaired) electrons. The fraction of sp³-hybridized carbons (Fsp3) is 0.133. The van der Waals surface area contributed by atoms with Gasteiger partial charge in [-0.25, -0.2) is 9.97 Å². The highest BCUT2D eigenvalue weighted by atomic mass is 35.5. The van der Waals surface area contributed by atoms with E-state index in [-0.39, 0.29) is 32.9 Å². The third kappa shape index (κ3) is 2.92. The molecular formula is C15H12Cl2N4O3S. The van der Waals surface area contributed by atoms with E-state index in [9.17, 15) is 4.79 Å². The summed E-state index contributed by atoms with van der Waals surface area (Å²) in [5.74, 6) is -0.103. The van der Waals surface area contributed by atoms with Crippen LogP contribution in [0.5, 0.6) is 11.5 Å². The number of nitrogens with two attached hydrogens (primary N) is 1. The lowest BCUT2D eigenvalue weighted by Gasteiger charge is -2.17. The minimum atomic E-state index is -0.428. The van der Waals surface area contributed by atoms with Crippen molar-refractivity contribution in [2.24, 2.45) is 0 Å². The molecule has 0 spiro atoms. The lowest BCUT2D eigenvalue weighted by molar-refractivity contribution is 0.102. The Balaban J connectivity index is 2.07. The molecule has 0 aliphatic carbocycles. The van der Waals surface area contributed by atoms with Crippen molar-refractivity contribution in [3.63, 3.8) is 0 Å². The molecule has 0 unspecified atom stereocenters. The zero-order valence-corrected chi connectivity index (χ0v) is 15.4. The predicted octanol–water partition coefficient (Wildman–Crippen LogP) is 3.85. The molecular weight excluding hydrogens is 387 g/mol. The number of carbonyl (C=O) groups excluding carboxylic acids is 1. The maximum atomic E-state index is 12.7. The highest BCUT2D eigenvalue weighted by molar-refractivity contribution is 7.17. The van der Waals surface area contributed by atoms with Gasteiger partial charge < -0.3 is 20.5 Å². The van der Waals surface area contributed by atoms with Gasteiger partial charge in [-0.2, -0.15) is 0 Å². The molecule has 0 aliphatic rings. The Morgan fingerprint density at radius 2 is 1.88 bits per heavy atom. The van der Waals surface area contributed by atoms with Crippen molar-refractivity contribution < 1.29 is 14.3 Å². The third-order valence-electron chi connectivity index (χ3n) is 3.46. The number of aromatic nitrogens is 2. The molecule has 0 atom stereocenters. The average molecular weight is 399 g/mol. The van der Waals surface area contributed by atoms with Gasteiger partial charge in [0.15, 0.2) is 11.5 Å². The summed E-state index contributed by atoms with van der Waals surface area (Å²) in [6.07, 6.45) is 3.01. The van der Waals surface area contributed by atoms with Gasteiger partial charge in [0.25, 0.3) is 5.91 Å². The Kier molecular flexibility index (Phi) is 4.85. The van der Waals surface area contributed by atoms with Crippen LogP contribution in [0.2, 0.25) is 10.0 Å². The molecule has 25 heavy (non-hydrogen) atoms. The largest absolute Gasteiger partial charge is 0.493 e. The van der Waals surface area contributed by atoms with Gasteiger partial charge in [0.05, 0.1) is 35.7 Å². The van der Waals surface area contributed by atoms with E-state index in [1.807, 2.05) is 0 Å². The highest BCUT2D eigenvalue weighted by Crippen LogP contribution is 2.49. The van der Waals surface area contributed by atoms with Crippen LogP contribution in [0.3, 0.4) is 0 Å². The maximum absolute atomic E-state index is 12.7. The van der Waals surface area contributed by atoms with E-state index in [4.69, 9.17) is 38.4 Å². The van der Waals surface area contributed by atoms with Gasteiger partial charge in [-0.05, 0) is 0 Å². The van der Waals surface area contributed by atoms with Gasteiger partial charge in [-0.1, -0.05) is 23.2 Å². The van der Waals surface area contributed by atoms with Crippen LogP contribution < -0.4 is 20.5 Å². The summed E-state index contributed by atoms with van der Waals surface area (Å²) >= 11 is 13.9. The Morgan fingerprint density at radius 1 is 1.24 bits per heavy atom. The Hall–Kier alpha value is -2.29. The lowest BCUT2D eigenvalue weighted by Crippen LogP contribution is -2.13. The van der Waals surface area contributed by atoms with E-state index >= 15 is 0 Å². The van der Waals surface area contributed by atoms with Gasteiger partial charge in [-0.15, -0.1) is 11.3 Å². The number of hydrogen-bond acceptors (Lipinski definition) is 7. The molecule has 130 valence electrons. The van der Waals surface area contributed by atoms with Crippen molar-refractivity contribution in [3.8, 4) is 11.5 Å². The Labute approximate surface area is 156 Å². The Bertz CT molecular complexity index is 946. The van der Waals surface area contributed by atoms with E-state index < -0.39 is 5.91 Å². The number of nitrogens with zero attached hydrogens (tertiary/aromatic N) is 2. The summed E-state index contributed by atoms with van der Waals surface area (Å²) in [5.41, 5.74) is 7.14. The molecule has 3 N–H and O–H groups in total. The van der Waals surface area contributed by atoms with Gasteiger partial charge >= 0.3 is 0 Å². The number of hydrogen-bond donors (Lipinski definition) is 2. The monoisotopic (exact) mass is 398 g/mol. The van der Waals surface area contributed by atoms with Crippen LogP contribution in [0.15, 0.2) is 17.9 Å². The number of halogens is 2. The molecule has 0 bridgehead atoms. The van der Waals surface area contributed by atoms with Crippen LogP contribution in [0.4, 0.5) is 11.4 Å². The molecule has 0 saturated heterocycles. The first-order valence-electron chi connectivity index (χ1n) is 6.86. The number of methoxy groups -OCH3 is 2. The topological polar surface area (TPSA) is 99.4 Å². The highest BCUT2D eigenvalue weighted by Gasteiger charge is 2.24. The number of fused-ring (bicyclic) bond motifs is 1. The molecule has 10 heteroatoms. The Morgan fingerprint density at radius 3 is 2.48 bits per heavy atom. The number of nitrogens with one attached hydrogen (secondary N) is 1. The fourth-order valence-electron chi connectivity index (χ4n) is 2.30.